The van der Waals surface area contributed by atoms with E-state index in [4.69, 9.17) is 32.7 Å². The minimum absolute atomic E-state index is 0.580. The molecule has 2 aromatic rings. The normalized spacial score (nSPS) is 10.7. The van der Waals surface area contributed by atoms with Crippen LogP contribution in [0.25, 0.3) is 0 Å². The highest BCUT2D eigenvalue weighted by atomic mass is 35.5. The van der Waals surface area contributed by atoms with E-state index >= 15 is 0 Å². The highest BCUT2D eigenvalue weighted by Crippen LogP contribution is 2.34. The van der Waals surface area contributed by atoms with Gasteiger partial charge in [0.15, 0.2) is 11.5 Å². The van der Waals surface area contributed by atoms with E-state index in [9.17, 15) is 0 Å². The number of ether oxygens (including phenoxy) is 2. The third-order valence-electron chi connectivity index (χ3n) is 3.46. The number of benzene rings is 2. The second-order valence-electron chi connectivity index (χ2n) is 5.37. The van der Waals surface area contributed by atoms with Crippen LogP contribution in [-0.4, -0.2) is 13.2 Å². The molecule has 1 N–H and O–H groups in total. The first-order valence-electron chi connectivity index (χ1n) is 8.17. The smallest absolute Gasteiger partial charge is 0.162 e. The van der Waals surface area contributed by atoms with Gasteiger partial charge in [-0.05, 0) is 36.6 Å². The third-order valence-corrected chi connectivity index (χ3v) is 4.18. The third kappa shape index (κ3) is 5.30. The summed E-state index contributed by atoms with van der Waals surface area (Å²) in [5, 5.41) is 4.79. The van der Waals surface area contributed by atoms with Gasteiger partial charge in [0.25, 0.3) is 0 Å². The molecule has 0 atom stereocenters. The lowest BCUT2D eigenvalue weighted by atomic mass is 10.1. The lowest BCUT2D eigenvalue weighted by Crippen LogP contribution is -2.13. The van der Waals surface area contributed by atoms with Crippen LogP contribution in [-0.2, 0) is 13.1 Å². The van der Waals surface area contributed by atoms with Gasteiger partial charge in [0.1, 0.15) is 0 Å². The predicted octanol–water partition coefficient (Wildman–Crippen LogP) is 5.47. The lowest BCUT2D eigenvalue weighted by Gasteiger charge is -2.15. The number of rotatable bonds is 9. The van der Waals surface area contributed by atoms with Crippen LogP contribution in [0.3, 0.4) is 0 Å². The van der Waals surface area contributed by atoms with E-state index in [1.165, 1.54) is 0 Å². The summed E-state index contributed by atoms with van der Waals surface area (Å²) < 4.78 is 11.4. The maximum Gasteiger partial charge on any atom is 0.162 e. The lowest BCUT2D eigenvalue weighted by molar-refractivity contribution is 0.276. The van der Waals surface area contributed by atoms with Crippen LogP contribution in [0.15, 0.2) is 36.4 Å². The molecule has 0 aliphatic heterocycles. The van der Waals surface area contributed by atoms with Crippen molar-refractivity contribution in [1.82, 2.24) is 5.32 Å². The molecule has 0 aliphatic rings. The average Bonchev–Trinajstić information content (AvgIpc) is 2.58. The van der Waals surface area contributed by atoms with E-state index in [0.29, 0.717) is 37.1 Å². The summed E-state index contributed by atoms with van der Waals surface area (Å²) in [5.41, 5.74) is 2.03. The summed E-state index contributed by atoms with van der Waals surface area (Å²) in [7, 11) is 0. The Morgan fingerprint density at radius 3 is 2.29 bits per heavy atom. The van der Waals surface area contributed by atoms with Crippen molar-refractivity contribution in [2.45, 2.75) is 33.4 Å². The average molecular weight is 368 g/mol. The minimum Gasteiger partial charge on any atom is -0.490 e. The van der Waals surface area contributed by atoms with Crippen molar-refractivity contribution in [1.29, 1.82) is 0 Å². The van der Waals surface area contributed by atoms with Gasteiger partial charge in [-0.2, -0.15) is 0 Å². The molecule has 2 rings (SSSR count). The molecule has 3 nitrogen and oxygen atoms in total. The van der Waals surface area contributed by atoms with E-state index in [-0.39, 0.29) is 0 Å². The number of hydrogen-bond acceptors (Lipinski definition) is 3. The summed E-state index contributed by atoms with van der Waals surface area (Å²) in [5.74, 6) is 1.42. The second kappa shape index (κ2) is 9.77. The Balaban J connectivity index is 2.06. The van der Waals surface area contributed by atoms with E-state index < -0.39 is 0 Å². The fourth-order valence-electron chi connectivity index (χ4n) is 2.28. The van der Waals surface area contributed by atoms with Crippen LogP contribution >= 0.6 is 23.2 Å². The standard InChI is InChI=1S/C19H23Cl2NO2/c1-3-9-24-19-11-17(21)15(10-18(19)23-4-2)13-22-12-14-7-5-6-8-16(14)20/h5-8,10-11,22H,3-4,9,12-13H2,1-2H3. The topological polar surface area (TPSA) is 30.5 Å². The zero-order valence-corrected chi connectivity index (χ0v) is 15.6. The maximum atomic E-state index is 6.39. The van der Waals surface area contributed by atoms with Crippen molar-refractivity contribution in [2.75, 3.05) is 13.2 Å². The first kappa shape index (κ1) is 18.9. The zero-order valence-electron chi connectivity index (χ0n) is 14.1. The molecule has 2 aromatic carbocycles. The van der Waals surface area contributed by atoms with Gasteiger partial charge in [-0.3, -0.25) is 0 Å². The van der Waals surface area contributed by atoms with Crippen LogP contribution in [0, 0.1) is 0 Å². The van der Waals surface area contributed by atoms with E-state index in [1.54, 1.807) is 0 Å². The van der Waals surface area contributed by atoms with Gasteiger partial charge in [0.2, 0.25) is 0 Å². The zero-order chi connectivity index (χ0) is 17.4. The highest BCUT2D eigenvalue weighted by Gasteiger charge is 2.11. The molecule has 0 heterocycles. The summed E-state index contributed by atoms with van der Waals surface area (Å²) in [4.78, 5) is 0. The van der Waals surface area contributed by atoms with Gasteiger partial charge in [-0.1, -0.05) is 48.3 Å². The van der Waals surface area contributed by atoms with Gasteiger partial charge < -0.3 is 14.8 Å². The fourth-order valence-corrected chi connectivity index (χ4v) is 2.70. The van der Waals surface area contributed by atoms with Crippen molar-refractivity contribution in [3.05, 3.63) is 57.6 Å². The van der Waals surface area contributed by atoms with Crippen molar-refractivity contribution in [2.24, 2.45) is 0 Å². The quantitative estimate of drug-likeness (QED) is 0.637. The molecule has 0 aromatic heterocycles. The van der Waals surface area contributed by atoms with Crippen LogP contribution in [0.1, 0.15) is 31.4 Å². The Hall–Kier alpha value is -1.42. The molecule has 0 unspecified atom stereocenters. The van der Waals surface area contributed by atoms with Gasteiger partial charge in [-0.15, -0.1) is 0 Å². The maximum absolute atomic E-state index is 6.39. The summed E-state index contributed by atoms with van der Waals surface area (Å²) in [6, 6.07) is 11.6. The number of halogens is 2. The Labute approximate surface area is 153 Å². The van der Waals surface area contributed by atoms with Crippen LogP contribution in [0.4, 0.5) is 0 Å². The fraction of sp³-hybridized carbons (Fsp3) is 0.368. The van der Waals surface area contributed by atoms with Crippen LogP contribution in [0.2, 0.25) is 10.0 Å². The van der Waals surface area contributed by atoms with Crippen molar-refractivity contribution in [3.8, 4) is 11.5 Å². The SMILES string of the molecule is CCCOc1cc(Cl)c(CNCc2ccccc2Cl)cc1OCC. The molecular weight excluding hydrogens is 345 g/mol. The molecule has 0 spiro atoms. The largest absolute Gasteiger partial charge is 0.490 e. The molecular formula is C19H23Cl2NO2. The Bertz CT molecular complexity index is 662. The molecule has 130 valence electrons. The van der Waals surface area contributed by atoms with E-state index in [0.717, 1.165) is 28.3 Å². The van der Waals surface area contributed by atoms with Gasteiger partial charge >= 0.3 is 0 Å². The Morgan fingerprint density at radius 1 is 0.875 bits per heavy atom. The Morgan fingerprint density at radius 2 is 1.58 bits per heavy atom. The molecule has 0 fully saturated rings. The van der Waals surface area contributed by atoms with E-state index in [2.05, 4.69) is 12.2 Å². The first-order chi connectivity index (χ1) is 11.7. The summed E-state index contributed by atoms with van der Waals surface area (Å²) >= 11 is 12.6. The number of nitrogens with one attached hydrogen (secondary N) is 1. The minimum atomic E-state index is 0.580. The van der Waals surface area contributed by atoms with Crippen molar-refractivity contribution in [3.63, 3.8) is 0 Å². The monoisotopic (exact) mass is 367 g/mol. The van der Waals surface area contributed by atoms with Gasteiger partial charge in [-0.25, -0.2) is 0 Å². The van der Waals surface area contributed by atoms with Gasteiger partial charge in [0, 0.05) is 29.2 Å². The Kier molecular flexibility index (Phi) is 7.70. The van der Waals surface area contributed by atoms with Crippen molar-refractivity contribution < 1.29 is 9.47 Å². The molecule has 24 heavy (non-hydrogen) atoms. The van der Waals surface area contributed by atoms with Gasteiger partial charge in [0.05, 0.1) is 13.2 Å². The van der Waals surface area contributed by atoms with E-state index in [1.807, 2.05) is 43.3 Å². The molecule has 0 saturated heterocycles. The molecule has 0 amide bonds. The highest BCUT2D eigenvalue weighted by molar-refractivity contribution is 6.31. The first-order valence-corrected chi connectivity index (χ1v) is 8.93. The molecule has 0 saturated carbocycles. The molecule has 5 heteroatoms. The van der Waals surface area contributed by atoms with Crippen LogP contribution in [0.5, 0.6) is 11.5 Å². The van der Waals surface area contributed by atoms with Crippen LogP contribution < -0.4 is 14.8 Å². The molecule has 0 radical (unpaired) electrons. The second-order valence-corrected chi connectivity index (χ2v) is 6.18. The predicted molar refractivity (Wildman–Crippen MR) is 100 cm³/mol. The number of hydrogen-bond donors (Lipinski definition) is 1. The van der Waals surface area contributed by atoms with Crippen molar-refractivity contribution >= 4 is 23.2 Å². The molecule has 0 aliphatic carbocycles. The summed E-state index contributed by atoms with van der Waals surface area (Å²) in [6.45, 7) is 6.53. The summed E-state index contributed by atoms with van der Waals surface area (Å²) in [6.07, 6.45) is 0.935. The molecule has 0 bridgehead atoms.